The molecule has 0 aromatic heterocycles. The molecule has 4 aromatic rings. The first-order valence-electron chi connectivity index (χ1n) is 11.4. The molecule has 196 valence electrons. The van der Waals surface area contributed by atoms with Gasteiger partial charge in [0.1, 0.15) is 0 Å². The van der Waals surface area contributed by atoms with Gasteiger partial charge in [0.15, 0.2) is 23.0 Å². The molecule has 0 aliphatic heterocycles. The summed E-state index contributed by atoms with van der Waals surface area (Å²) in [6.45, 7) is -0.0367. The number of aromatic hydroxyl groups is 4. The van der Waals surface area contributed by atoms with E-state index in [-0.39, 0.29) is 34.1 Å². The van der Waals surface area contributed by atoms with Crippen LogP contribution in [0.25, 0.3) is 11.1 Å². The Morgan fingerprint density at radius 1 is 0.737 bits per heavy atom. The van der Waals surface area contributed by atoms with E-state index in [4.69, 9.17) is 0 Å². The maximum atomic E-state index is 13.2. The number of phenolic OH excluding ortho intramolecular Hbond substituents is 4. The van der Waals surface area contributed by atoms with E-state index in [1.807, 2.05) is 12.1 Å². The Morgan fingerprint density at radius 3 is 1.95 bits per heavy atom. The SMILES string of the molecule is COC(=O)c1ccc(-c2cc(O)c(O)cc2S(=O)(=O)NCc2ccc(Cc3ccc(O)c(O)c3)cc2)cc1. The fraction of sp³-hybridized carbons (Fsp3) is 0.107. The van der Waals surface area contributed by atoms with Crippen LogP contribution in [0.1, 0.15) is 27.0 Å². The van der Waals surface area contributed by atoms with Crippen LogP contribution < -0.4 is 4.72 Å². The van der Waals surface area contributed by atoms with Crippen LogP contribution in [0.15, 0.2) is 83.8 Å². The van der Waals surface area contributed by atoms with E-state index < -0.39 is 27.5 Å². The largest absolute Gasteiger partial charge is 0.504 e. The minimum absolute atomic E-state index is 0.0367. The highest BCUT2D eigenvalue weighted by Crippen LogP contribution is 2.37. The number of hydrogen-bond acceptors (Lipinski definition) is 8. The van der Waals surface area contributed by atoms with Crippen molar-refractivity contribution in [2.45, 2.75) is 17.9 Å². The van der Waals surface area contributed by atoms with Crippen LogP contribution in [-0.4, -0.2) is 41.9 Å². The molecule has 4 aromatic carbocycles. The molecule has 0 aliphatic rings. The highest BCUT2D eigenvalue weighted by molar-refractivity contribution is 7.89. The molecule has 5 N–H and O–H groups in total. The van der Waals surface area contributed by atoms with Gasteiger partial charge in [0.25, 0.3) is 0 Å². The standard InChI is InChI=1S/C28H25NO8S/c1-37-28(34)21-9-7-20(8-10-21)22-14-25(32)26(33)15-27(22)38(35,36)29-16-18-4-2-17(3-5-18)12-19-6-11-23(30)24(31)13-19/h2-11,13-15,29-33H,12,16H2,1H3. The average molecular weight is 536 g/mol. The zero-order valence-corrected chi connectivity index (χ0v) is 21.1. The number of methoxy groups -OCH3 is 1. The number of sulfonamides is 1. The number of rotatable bonds is 8. The Hall–Kier alpha value is -4.54. The third-order valence-electron chi connectivity index (χ3n) is 5.92. The molecule has 0 amide bonds. The molecular weight excluding hydrogens is 510 g/mol. The van der Waals surface area contributed by atoms with Crippen LogP contribution in [0, 0.1) is 0 Å². The lowest BCUT2D eigenvalue weighted by Crippen LogP contribution is -2.24. The Bertz CT molecular complexity index is 1580. The maximum Gasteiger partial charge on any atom is 0.337 e. The Kier molecular flexibility index (Phi) is 7.56. The van der Waals surface area contributed by atoms with Gasteiger partial charge in [0, 0.05) is 18.2 Å². The summed E-state index contributed by atoms with van der Waals surface area (Å²) in [6.07, 6.45) is 0.505. The van der Waals surface area contributed by atoms with Crippen molar-refractivity contribution in [3.05, 3.63) is 101 Å². The zero-order valence-electron chi connectivity index (χ0n) is 20.2. The molecule has 0 spiro atoms. The summed E-state index contributed by atoms with van der Waals surface area (Å²) in [5.41, 5.74) is 3.20. The van der Waals surface area contributed by atoms with E-state index in [9.17, 15) is 33.6 Å². The fourth-order valence-corrected chi connectivity index (χ4v) is 5.10. The van der Waals surface area contributed by atoms with Gasteiger partial charge in [-0.25, -0.2) is 17.9 Å². The normalized spacial score (nSPS) is 11.3. The van der Waals surface area contributed by atoms with Gasteiger partial charge in [-0.2, -0.15) is 0 Å². The predicted molar refractivity (Wildman–Crippen MR) is 140 cm³/mol. The molecule has 0 heterocycles. The number of phenols is 4. The number of nitrogens with one attached hydrogen (secondary N) is 1. The van der Waals surface area contributed by atoms with Gasteiger partial charge in [0.2, 0.25) is 10.0 Å². The van der Waals surface area contributed by atoms with Gasteiger partial charge in [-0.3, -0.25) is 0 Å². The van der Waals surface area contributed by atoms with Crippen molar-refractivity contribution >= 4 is 16.0 Å². The molecule has 0 radical (unpaired) electrons. The van der Waals surface area contributed by atoms with Crippen molar-refractivity contribution in [2.24, 2.45) is 0 Å². The summed E-state index contributed by atoms with van der Waals surface area (Å²) >= 11 is 0. The van der Waals surface area contributed by atoms with Crippen molar-refractivity contribution < 1.29 is 38.4 Å². The van der Waals surface area contributed by atoms with Crippen molar-refractivity contribution in [3.8, 4) is 34.1 Å². The van der Waals surface area contributed by atoms with Gasteiger partial charge in [-0.15, -0.1) is 0 Å². The third kappa shape index (κ3) is 5.88. The quantitative estimate of drug-likeness (QED) is 0.167. The Morgan fingerprint density at radius 2 is 1.32 bits per heavy atom. The molecule has 0 bridgehead atoms. The lowest BCUT2D eigenvalue weighted by atomic mass is 10.0. The van der Waals surface area contributed by atoms with Gasteiger partial charge < -0.3 is 25.2 Å². The van der Waals surface area contributed by atoms with Gasteiger partial charge in [-0.05, 0) is 59.0 Å². The van der Waals surface area contributed by atoms with Crippen LogP contribution >= 0.6 is 0 Å². The van der Waals surface area contributed by atoms with Gasteiger partial charge >= 0.3 is 5.97 Å². The molecule has 38 heavy (non-hydrogen) atoms. The number of ether oxygens (including phenoxy) is 1. The second kappa shape index (κ2) is 10.8. The molecule has 0 unspecified atom stereocenters. The molecular formula is C28H25NO8S. The van der Waals surface area contributed by atoms with Crippen LogP contribution in [-0.2, 0) is 27.7 Å². The van der Waals surface area contributed by atoms with Crippen LogP contribution in [0.2, 0.25) is 0 Å². The summed E-state index contributed by atoms with van der Waals surface area (Å²) < 4.78 is 33.7. The number of esters is 1. The number of carbonyl (C=O) groups is 1. The molecule has 0 aliphatic carbocycles. The smallest absolute Gasteiger partial charge is 0.337 e. The van der Waals surface area contributed by atoms with Crippen molar-refractivity contribution in [1.82, 2.24) is 4.72 Å². The fourth-order valence-electron chi connectivity index (χ4n) is 3.86. The Labute approximate surface area is 219 Å². The molecule has 0 atom stereocenters. The zero-order chi connectivity index (χ0) is 27.4. The minimum atomic E-state index is -4.14. The molecule has 10 heteroatoms. The number of benzene rings is 4. The lowest BCUT2D eigenvalue weighted by molar-refractivity contribution is 0.0600. The summed E-state index contributed by atoms with van der Waals surface area (Å²) in [7, 11) is -2.89. The van der Waals surface area contributed by atoms with E-state index in [1.165, 1.54) is 43.5 Å². The first kappa shape index (κ1) is 26.5. The second-order valence-electron chi connectivity index (χ2n) is 8.55. The van der Waals surface area contributed by atoms with Crippen LogP contribution in [0.4, 0.5) is 0 Å². The highest BCUT2D eigenvalue weighted by Gasteiger charge is 2.22. The third-order valence-corrected chi connectivity index (χ3v) is 7.36. The van der Waals surface area contributed by atoms with Gasteiger partial charge in [-0.1, -0.05) is 42.5 Å². The van der Waals surface area contributed by atoms with E-state index in [1.54, 1.807) is 18.2 Å². The predicted octanol–water partition coefficient (Wildman–Crippen LogP) is 4.03. The first-order chi connectivity index (χ1) is 18.1. The molecule has 0 fully saturated rings. The van der Waals surface area contributed by atoms with Crippen molar-refractivity contribution in [2.75, 3.05) is 7.11 Å². The monoisotopic (exact) mass is 535 g/mol. The summed E-state index contributed by atoms with van der Waals surface area (Å²) in [5.74, 6) is -2.03. The second-order valence-corrected chi connectivity index (χ2v) is 10.3. The molecule has 0 saturated carbocycles. The van der Waals surface area contributed by atoms with E-state index in [0.717, 1.165) is 23.3 Å². The van der Waals surface area contributed by atoms with E-state index in [0.29, 0.717) is 17.5 Å². The summed E-state index contributed by atoms with van der Waals surface area (Å²) in [5, 5.41) is 39.2. The average Bonchev–Trinajstić information content (AvgIpc) is 2.91. The number of carbonyl (C=O) groups excluding carboxylic acids is 1. The topological polar surface area (TPSA) is 153 Å². The summed E-state index contributed by atoms with van der Waals surface area (Å²) in [4.78, 5) is 11.5. The van der Waals surface area contributed by atoms with Gasteiger partial charge in [0.05, 0.1) is 17.6 Å². The highest BCUT2D eigenvalue weighted by atomic mass is 32.2. The van der Waals surface area contributed by atoms with E-state index in [2.05, 4.69) is 9.46 Å². The summed E-state index contributed by atoms with van der Waals surface area (Å²) in [6, 6.07) is 19.9. The van der Waals surface area contributed by atoms with Crippen molar-refractivity contribution in [1.29, 1.82) is 0 Å². The van der Waals surface area contributed by atoms with Crippen LogP contribution in [0.3, 0.4) is 0 Å². The number of hydrogen-bond donors (Lipinski definition) is 5. The van der Waals surface area contributed by atoms with Crippen molar-refractivity contribution in [3.63, 3.8) is 0 Å². The molecule has 0 saturated heterocycles. The minimum Gasteiger partial charge on any atom is -0.504 e. The first-order valence-corrected chi connectivity index (χ1v) is 12.9. The molecule has 9 nitrogen and oxygen atoms in total. The van der Waals surface area contributed by atoms with Crippen LogP contribution in [0.5, 0.6) is 23.0 Å². The Balaban J connectivity index is 1.53. The van der Waals surface area contributed by atoms with E-state index >= 15 is 0 Å². The maximum absolute atomic E-state index is 13.2. The molecule has 4 rings (SSSR count). The lowest BCUT2D eigenvalue weighted by Gasteiger charge is -2.14.